The van der Waals surface area contributed by atoms with Gasteiger partial charge in [0.25, 0.3) is 0 Å². The van der Waals surface area contributed by atoms with E-state index in [1.165, 1.54) is 0 Å². The zero-order chi connectivity index (χ0) is 11.5. The molecule has 0 bridgehead atoms. The van der Waals surface area contributed by atoms with Gasteiger partial charge in [0.1, 0.15) is 0 Å². The standard InChI is InChI=1S/C12H10N4S/c1-2-6-11-10(5-1)15-12(17-11)16-14-8-9-4-3-7-13-9/h1-8,13H,(H,15,16)/b14-8+. The second-order valence-corrected chi connectivity index (χ2v) is 4.51. The Labute approximate surface area is 102 Å². The van der Waals surface area contributed by atoms with Crippen LogP contribution in [-0.2, 0) is 0 Å². The monoisotopic (exact) mass is 242 g/mol. The summed E-state index contributed by atoms with van der Waals surface area (Å²) in [5.41, 5.74) is 4.88. The average Bonchev–Trinajstić information content (AvgIpc) is 2.96. The molecule has 1 aromatic carbocycles. The molecular formula is C12H10N4S. The van der Waals surface area contributed by atoms with E-state index in [-0.39, 0.29) is 0 Å². The Hall–Kier alpha value is -2.14. The van der Waals surface area contributed by atoms with Crippen molar-refractivity contribution >= 4 is 32.9 Å². The minimum Gasteiger partial charge on any atom is -0.360 e. The molecule has 2 aromatic heterocycles. The van der Waals surface area contributed by atoms with E-state index in [2.05, 4.69) is 20.5 Å². The highest BCUT2D eigenvalue weighted by Crippen LogP contribution is 2.25. The van der Waals surface area contributed by atoms with Crippen LogP contribution in [0.2, 0.25) is 0 Å². The van der Waals surface area contributed by atoms with Gasteiger partial charge in [-0.1, -0.05) is 23.5 Å². The summed E-state index contributed by atoms with van der Waals surface area (Å²) in [5.74, 6) is 0. The summed E-state index contributed by atoms with van der Waals surface area (Å²) in [6, 6.07) is 11.9. The van der Waals surface area contributed by atoms with Crippen LogP contribution in [0.4, 0.5) is 5.13 Å². The molecule has 0 aliphatic carbocycles. The summed E-state index contributed by atoms with van der Waals surface area (Å²) >= 11 is 1.59. The first-order valence-electron chi connectivity index (χ1n) is 5.20. The Balaban J connectivity index is 1.77. The topological polar surface area (TPSA) is 53.1 Å². The van der Waals surface area contributed by atoms with Gasteiger partial charge in [-0.25, -0.2) is 4.98 Å². The Bertz CT molecular complexity index is 606. The normalized spacial score (nSPS) is 11.3. The highest BCUT2D eigenvalue weighted by molar-refractivity contribution is 7.22. The SMILES string of the molecule is C(=N\Nc1nc2ccccc2s1)/c1ccc[nH]1. The number of hydrazone groups is 1. The van der Waals surface area contributed by atoms with Gasteiger partial charge in [0.2, 0.25) is 5.13 Å². The summed E-state index contributed by atoms with van der Waals surface area (Å²) in [6.45, 7) is 0. The molecule has 0 amide bonds. The Morgan fingerprint density at radius 3 is 3.00 bits per heavy atom. The van der Waals surface area contributed by atoms with Crippen LogP contribution < -0.4 is 5.43 Å². The van der Waals surface area contributed by atoms with E-state index >= 15 is 0 Å². The number of nitrogens with one attached hydrogen (secondary N) is 2. The zero-order valence-electron chi connectivity index (χ0n) is 8.92. The maximum Gasteiger partial charge on any atom is 0.204 e. The fraction of sp³-hybridized carbons (Fsp3) is 0. The number of fused-ring (bicyclic) bond motifs is 1. The van der Waals surface area contributed by atoms with Crippen molar-refractivity contribution < 1.29 is 0 Å². The van der Waals surface area contributed by atoms with Gasteiger partial charge in [0, 0.05) is 6.20 Å². The molecule has 0 saturated heterocycles. The lowest BCUT2D eigenvalue weighted by molar-refractivity contribution is 1.30. The smallest absolute Gasteiger partial charge is 0.204 e. The van der Waals surface area contributed by atoms with Gasteiger partial charge in [0.05, 0.1) is 22.1 Å². The largest absolute Gasteiger partial charge is 0.360 e. The van der Waals surface area contributed by atoms with Crippen LogP contribution in [0.5, 0.6) is 0 Å². The van der Waals surface area contributed by atoms with Crippen LogP contribution in [0.1, 0.15) is 5.69 Å². The molecule has 17 heavy (non-hydrogen) atoms. The van der Waals surface area contributed by atoms with E-state index in [0.717, 1.165) is 21.0 Å². The third-order valence-electron chi connectivity index (χ3n) is 2.28. The Morgan fingerprint density at radius 1 is 1.24 bits per heavy atom. The molecule has 0 atom stereocenters. The third-order valence-corrected chi connectivity index (χ3v) is 3.22. The van der Waals surface area contributed by atoms with Gasteiger partial charge in [-0.15, -0.1) is 0 Å². The molecule has 0 spiro atoms. The molecular weight excluding hydrogens is 232 g/mol. The van der Waals surface area contributed by atoms with Gasteiger partial charge in [-0.3, -0.25) is 5.43 Å². The summed E-state index contributed by atoms with van der Waals surface area (Å²) in [5, 5.41) is 4.92. The van der Waals surface area contributed by atoms with Crippen LogP contribution in [-0.4, -0.2) is 16.2 Å². The maximum absolute atomic E-state index is 4.42. The predicted molar refractivity (Wildman–Crippen MR) is 71.6 cm³/mol. The average molecular weight is 242 g/mol. The van der Waals surface area contributed by atoms with Gasteiger partial charge in [-0.05, 0) is 24.3 Å². The van der Waals surface area contributed by atoms with E-state index in [0.29, 0.717) is 0 Å². The quantitative estimate of drug-likeness (QED) is 0.548. The van der Waals surface area contributed by atoms with E-state index in [9.17, 15) is 0 Å². The fourth-order valence-corrected chi connectivity index (χ4v) is 2.32. The number of nitrogens with zero attached hydrogens (tertiary/aromatic N) is 2. The number of hydrogen-bond donors (Lipinski definition) is 2. The molecule has 4 nitrogen and oxygen atoms in total. The minimum absolute atomic E-state index is 0.800. The molecule has 0 unspecified atom stereocenters. The lowest BCUT2D eigenvalue weighted by atomic mass is 10.3. The number of rotatable bonds is 3. The molecule has 2 heterocycles. The van der Waals surface area contributed by atoms with Crippen LogP contribution in [0.25, 0.3) is 10.2 Å². The van der Waals surface area contributed by atoms with Crippen molar-refractivity contribution in [2.45, 2.75) is 0 Å². The number of anilines is 1. The van der Waals surface area contributed by atoms with E-state index in [4.69, 9.17) is 0 Å². The summed E-state index contributed by atoms with van der Waals surface area (Å²) < 4.78 is 1.16. The molecule has 84 valence electrons. The molecule has 3 rings (SSSR count). The zero-order valence-corrected chi connectivity index (χ0v) is 9.74. The van der Waals surface area contributed by atoms with E-state index in [1.807, 2.05) is 42.6 Å². The molecule has 0 saturated carbocycles. The first kappa shape index (κ1) is 10.0. The summed E-state index contributed by atoms with van der Waals surface area (Å²) in [6.07, 6.45) is 3.59. The highest BCUT2D eigenvalue weighted by Gasteiger charge is 2.00. The molecule has 0 fully saturated rings. The number of para-hydroxylation sites is 1. The predicted octanol–water partition coefficient (Wildman–Crippen LogP) is 3.07. The van der Waals surface area contributed by atoms with Gasteiger partial charge in [0.15, 0.2) is 0 Å². The Morgan fingerprint density at radius 2 is 2.18 bits per heavy atom. The first-order chi connectivity index (χ1) is 8.42. The van der Waals surface area contributed by atoms with Gasteiger partial charge < -0.3 is 4.98 Å². The van der Waals surface area contributed by atoms with Crippen LogP contribution in [0.15, 0.2) is 47.7 Å². The second-order valence-electron chi connectivity index (χ2n) is 3.48. The number of thiazole rings is 1. The molecule has 0 radical (unpaired) electrons. The van der Waals surface area contributed by atoms with E-state index in [1.54, 1.807) is 17.6 Å². The number of aromatic amines is 1. The Kier molecular flexibility index (Phi) is 2.59. The molecule has 0 aliphatic rings. The summed E-state index contributed by atoms with van der Waals surface area (Å²) in [4.78, 5) is 7.46. The number of H-pyrrole nitrogens is 1. The van der Waals surface area contributed by atoms with Crippen molar-refractivity contribution in [3.63, 3.8) is 0 Å². The van der Waals surface area contributed by atoms with Crippen LogP contribution >= 0.6 is 11.3 Å². The van der Waals surface area contributed by atoms with E-state index < -0.39 is 0 Å². The minimum atomic E-state index is 0.800. The van der Waals surface area contributed by atoms with Crippen molar-refractivity contribution in [2.75, 3.05) is 5.43 Å². The van der Waals surface area contributed by atoms with Gasteiger partial charge >= 0.3 is 0 Å². The van der Waals surface area contributed by atoms with Crippen LogP contribution in [0.3, 0.4) is 0 Å². The molecule has 2 N–H and O–H groups in total. The van der Waals surface area contributed by atoms with Crippen LogP contribution in [0, 0.1) is 0 Å². The number of aromatic nitrogens is 2. The maximum atomic E-state index is 4.42. The third kappa shape index (κ3) is 2.19. The number of hydrogen-bond acceptors (Lipinski definition) is 4. The van der Waals surface area contributed by atoms with Gasteiger partial charge in [-0.2, -0.15) is 5.10 Å². The highest BCUT2D eigenvalue weighted by atomic mass is 32.1. The van der Waals surface area contributed by atoms with Crippen molar-refractivity contribution in [3.8, 4) is 0 Å². The van der Waals surface area contributed by atoms with Crippen molar-refractivity contribution in [1.82, 2.24) is 9.97 Å². The lowest BCUT2D eigenvalue weighted by Gasteiger charge is -1.90. The number of benzene rings is 1. The molecule has 5 heteroatoms. The lowest BCUT2D eigenvalue weighted by Crippen LogP contribution is -1.89. The van der Waals surface area contributed by atoms with Crippen molar-refractivity contribution in [1.29, 1.82) is 0 Å². The summed E-state index contributed by atoms with van der Waals surface area (Å²) in [7, 11) is 0. The fourth-order valence-electron chi connectivity index (χ4n) is 1.50. The molecule has 3 aromatic rings. The van der Waals surface area contributed by atoms with Crippen molar-refractivity contribution in [2.24, 2.45) is 5.10 Å². The van der Waals surface area contributed by atoms with Crippen molar-refractivity contribution in [3.05, 3.63) is 48.3 Å². The molecule has 0 aliphatic heterocycles. The first-order valence-corrected chi connectivity index (χ1v) is 6.01. The second kappa shape index (κ2) is 4.39.